The van der Waals surface area contributed by atoms with E-state index in [4.69, 9.17) is 9.84 Å². The van der Waals surface area contributed by atoms with Crippen molar-refractivity contribution in [1.82, 2.24) is 0 Å². The molecule has 0 aliphatic carbocycles. The van der Waals surface area contributed by atoms with Crippen LogP contribution < -0.4 is 10.1 Å². The van der Waals surface area contributed by atoms with E-state index in [1.807, 2.05) is 0 Å². The SMILES string of the molecule is CCC(C(=O)O)S(=O)CC(=O)Nc1cccc(OC)c1. The fourth-order valence-corrected chi connectivity index (χ4v) is 2.73. The lowest BCUT2D eigenvalue weighted by Gasteiger charge is -2.10. The lowest BCUT2D eigenvalue weighted by molar-refractivity contribution is -0.136. The van der Waals surface area contributed by atoms with Crippen molar-refractivity contribution >= 4 is 28.4 Å². The third-order valence-electron chi connectivity index (χ3n) is 2.59. The molecule has 2 N–H and O–H groups in total. The van der Waals surface area contributed by atoms with Gasteiger partial charge in [0.25, 0.3) is 0 Å². The molecule has 1 aromatic rings. The summed E-state index contributed by atoms with van der Waals surface area (Å²) in [6.07, 6.45) is 0.217. The highest BCUT2D eigenvalue weighted by Gasteiger charge is 2.24. The second-order valence-electron chi connectivity index (χ2n) is 4.04. The third kappa shape index (κ3) is 4.65. The Morgan fingerprint density at radius 1 is 1.45 bits per heavy atom. The zero-order valence-corrected chi connectivity index (χ0v) is 12.1. The van der Waals surface area contributed by atoms with Gasteiger partial charge in [-0.2, -0.15) is 0 Å². The minimum Gasteiger partial charge on any atom is -0.497 e. The molecule has 0 aromatic heterocycles. The topological polar surface area (TPSA) is 92.7 Å². The summed E-state index contributed by atoms with van der Waals surface area (Å²) in [5.74, 6) is -1.40. The molecule has 0 saturated carbocycles. The second kappa shape index (κ2) is 7.64. The van der Waals surface area contributed by atoms with E-state index in [0.717, 1.165) is 0 Å². The number of aliphatic carboxylic acids is 1. The van der Waals surface area contributed by atoms with Crippen LogP contribution in [0.15, 0.2) is 24.3 Å². The van der Waals surface area contributed by atoms with Gasteiger partial charge in [0, 0.05) is 22.6 Å². The highest BCUT2D eigenvalue weighted by molar-refractivity contribution is 7.87. The first kappa shape index (κ1) is 16.2. The number of hydrogen-bond acceptors (Lipinski definition) is 4. The zero-order chi connectivity index (χ0) is 15.1. The normalized spacial score (nSPS) is 13.3. The fraction of sp³-hybridized carbons (Fsp3) is 0.385. The van der Waals surface area contributed by atoms with Crippen LogP contribution in [0.1, 0.15) is 13.3 Å². The molecule has 0 heterocycles. The maximum Gasteiger partial charge on any atom is 0.319 e. The standard InChI is InChI=1S/C13H17NO5S/c1-3-11(13(16)17)20(18)8-12(15)14-9-5-4-6-10(7-9)19-2/h4-7,11H,3,8H2,1-2H3,(H,14,15)(H,16,17). The smallest absolute Gasteiger partial charge is 0.319 e. The van der Waals surface area contributed by atoms with E-state index < -0.39 is 27.9 Å². The first-order valence-corrected chi connectivity index (χ1v) is 7.40. The molecule has 2 atom stereocenters. The Balaban J connectivity index is 2.63. The van der Waals surface area contributed by atoms with Gasteiger partial charge in [0.2, 0.25) is 5.91 Å². The molecule has 1 amide bonds. The summed E-state index contributed by atoms with van der Waals surface area (Å²) >= 11 is 0. The van der Waals surface area contributed by atoms with E-state index >= 15 is 0 Å². The number of rotatable bonds is 7. The predicted octanol–water partition coefficient (Wildman–Crippen LogP) is 1.25. The number of carboxylic acids is 1. The summed E-state index contributed by atoms with van der Waals surface area (Å²) < 4.78 is 16.8. The van der Waals surface area contributed by atoms with Gasteiger partial charge >= 0.3 is 5.97 Å². The van der Waals surface area contributed by atoms with Crippen LogP contribution in [0.4, 0.5) is 5.69 Å². The Kier molecular flexibility index (Phi) is 6.17. The van der Waals surface area contributed by atoms with Gasteiger partial charge in [-0.3, -0.25) is 13.8 Å². The molecule has 0 spiro atoms. The molecule has 0 saturated heterocycles. The molecule has 6 nitrogen and oxygen atoms in total. The summed E-state index contributed by atoms with van der Waals surface area (Å²) in [7, 11) is -0.233. The molecule has 0 radical (unpaired) electrons. The van der Waals surface area contributed by atoms with Crippen molar-refractivity contribution in [2.45, 2.75) is 18.6 Å². The highest BCUT2D eigenvalue weighted by Crippen LogP contribution is 2.16. The number of hydrogen-bond donors (Lipinski definition) is 2. The van der Waals surface area contributed by atoms with Crippen molar-refractivity contribution in [3.05, 3.63) is 24.3 Å². The lowest BCUT2D eigenvalue weighted by atomic mass is 10.3. The molecule has 7 heteroatoms. The van der Waals surface area contributed by atoms with Crippen molar-refractivity contribution in [3.63, 3.8) is 0 Å². The number of carboxylic acid groups (broad SMARTS) is 1. The summed E-state index contributed by atoms with van der Waals surface area (Å²) in [6.45, 7) is 1.62. The van der Waals surface area contributed by atoms with Gasteiger partial charge in [-0.15, -0.1) is 0 Å². The summed E-state index contributed by atoms with van der Waals surface area (Å²) in [5, 5.41) is 10.4. The van der Waals surface area contributed by atoms with Gasteiger partial charge in [-0.05, 0) is 18.6 Å². The Bertz CT molecular complexity index is 517. The van der Waals surface area contributed by atoms with E-state index in [1.54, 1.807) is 31.2 Å². The average molecular weight is 299 g/mol. The third-order valence-corrected chi connectivity index (χ3v) is 4.31. The van der Waals surface area contributed by atoms with Gasteiger partial charge < -0.3 is 15.2 Å². The van der Waals surface area contributed by atoms with Crippen LogP contribution in [0.5, 0.6) is 5.75 Å². The molecule has 20 heavy (non-hydrogen) atoms. The number of anilines is 1. The minimum absolute atomic E-state index is 0.217. The maximum atomic E-state index is 11.8. The van der Waals surface area contributed by atoms with E-state index in [-0.39, 0.29) is 12.2 Å². The molecular formula is C13H17NO5S. The molecule has 2 unspecified atom stereocenters. The Labute approximate surface area is 119 Å². The summed E-state index contributed by atoms with van der Waals surface area (Å²) in [5.41, 5.74) is 0.509. The van der Waals surface area contributed by atoms with Crippen molar-refractivity contribution < 1.29 is 23.6 Å². The van der Waals surface area contributed by atoms with Crippen LogP contribution in [0.2, 0.25) is 0 Å². The van der Waals surface area contributed by atoms with E-state index in [2.05, 4.69) is 5.32 Å². The van der Waals surface area contributed by atoms with Gasteiger partial charge in [-0.25, -0.2) is 0 Å². The van der Waals surface area contributed by atoms with Gasteiger partial charge in [0.1, 0.15) is 16.8 Å². The monoisotopic (exact) mass is 299 g/mol. The van der Waals surface area contributed by atoms with E-state index in [0.29, 0.717) is 11.4 Å². The van der Waals surface area contributed by atoms with Crippen LogP contribution in [0.25, 0.3) is 0 Å². The molecule has 0 aliphatic rings. The molecule has 1 aromatic carbocycles. The Hall–Kier alpha value is -1.89. The van der Waals surface area contributed by atoms with Crippen LogP contribution in [0, 0.1) is 0 Å². The van der Waals surface area contributed by atoms with Crippen LogP contribution >= 0.6 is 0 Å². The Morgan fingerprint density at radius 3 is 2.70 bits per heavy atom. The van der Waals surface area contributed by atoms with Gasteiger partial charge in [0.15, 0.2) is 0 Å². The molecule has 110 valence electrons. The van der Waals surface area contributed by atoms with Gasteiger partial charge in [0.05, 0.1) is 7.11 Å². The van der Waals surface area contributed by atoms with E-state index in [1.165, 1.54) is 7.11 Å². The minimum atomic E-state index is -1.74. The highest BCUT2D eigenvalue weighted by atomic mass is 32.2. The number of amides is 1. The van der Waals surface area contributed by atoms with Crippen molar-refractivity contribution in [2.24, 2.45) is 0 Å². The lowest BCUT2D eigenvalue weighted by Crippen LogP contribution is -2.31. The van der Waals surface area contributed by atoms with E-state index in [9.17, 15) is 13.8 Å². The van der Waals surface area contributed by atoms with Crippen molar-refractivity contribution in [1.29, 1.82) is 0 Å². The summed E-state index contributed by atoms with van der Waals surface area (Å²) in [4.78, 5) is 22.6. The average Bonchev–Trinajstić information content (AvgIpc) is 2.38. The van der Waals surface area contributed by atoms with Crippen molar-refractivity contribution in [2.75, 3.05) is 18.2 Å². The van der Waals surface area contributed by atoms with Crippen LogP contribution in [-0.2, 0) is 20.4 Å². The number of nitrogens with one attached hydrogen (secondary N) is 1. The number of benzene rings is 1. The zero-order valence-electron chi connectivity index (χ0n) is 11.3. The number of carbonyl (C=O) groups is 2. The first-order chi connectivity index (χ1) is 9.47. The molecule has 1 rings (SSSR count). The van der Waals surface area contributed by atoms with Crippen molar-refractivity contribution in [3.8, 4) is 5.75 Å². The fourth-order valence-electron chi connectivity index (χ4n) is 1.60. The van der Waals surface area contributed by atoms with Crippen LogP contribution in [0.3, 0.4) is 0 Å². The summed E-state index contributed by atoms with van der Waals surface area (Å²) in [6, 6.07) is 6.72. The predicted molar refractivity (Wildman–Crippen MR) is 76.3 cm³/mol. The molecule has 0 fully saturated rings. The first-order valence-electron chi connectivity index (χ1n) is 6.01. The van der Waals surface area contributed by atoms with Crippen LogP contribution in [-0.4, -0.2) is 39.3 Å². The maximum absolute atomic E-state index is 11.8. The number of methoxy groups -OCH3 is 1. The largest absolute Gasteiger partial charge is 0.497 e. The molecular weight excluding hydrogens is 282 g/mol. The molecule has 0 bridgehead atoms. The number of carbonyl (C=O) groups excluding carboxylic acids is 1. The Morgan fingerprint density at radius 2 is 2.15 bits per heavy atom. The second-order valence-corrected chi connectivity index (χ2v) is 5.66. The van der Waals surface area contributed by atoms with Gasteiger partial charge in [-0.1, -0.05) is 13.0 Å². The quantitative estimate of drug-likeness (QED) is 0.790. The molecule has 0 aliphatic heterocycles. The number of ether oxygens (including phenoxy) is 1.